The number of aromatic nitrogens is 1. The van der Waals surface area contributed by atoms with E-state index in [1.165, 1.54) is 0 Å². The first-order valence-corrected chi connectivity index (χ1v) is 5.80. The summed E-state index contributed by atoms with van der Waals surface area (Å²) in [5, 5.41) is 6.05. The molecule has 17 heavy (non-hydrogen) atoms. The van der Waals surface area contributed by atoms with Crippen molar-refractivity contribution in [2.45, 2.75) is 25.4 Å². The number of piperidine rings is 1. The molecule has 5 heteroatoms. The maximum atomic E-state index is 11.5. The number of nitrogens with zero attached hydrogens (tertiary/aromatic N) is 1. The molecule has 1 aromatic heterocycles. The van der Waals surface area contributed by atoms with Crippen LogP contribution in [0.15, 0.2) is 18.2 Å². The van der Waals surface area contributed by atoms with Gasteiger partial charge in [0.2, 0.25) is 11.8 Å². The minimum atomic E-state index is -0.100. The Kier molecular flexibility index (Phi) is 3.93. The van der Waals surface area contributed by atoms with Crippen LogP contribution in [0.1, 0.15) is 18.5 Å². The highest BCUT2D eigenvalue weighted by Crippen LogP contribution is 2.08. The van der Waals surface area contributed by atoms with Gasteiger partial charge in [-0.05, 0) is 18.9 Å². The Labute approximate surface area is 101 Å². The van der Waals surface area contributed by atoms with E-state index in [1.807, 2.05) is 12.1 Å². The molecule has 1 fully saturated rings. The average molecular weight is 235 g/mol. The Hall–Kier alpha value is -1.62. The van der Waals surface area contributed by atoms with Crippen LogP contribution in [0, 0.1) is 0 Å². The molecule has 2 heterocycles. The number of carbonyl (C=O) groups is 1. The summed E-state index contributed by atoms with van der Waals surface area (Å²) < 4.78 is 5.05. The molecule has 0 radical (unpaired) electrons. The lowest BCUT2D eigenvalue weighted by Crippen LogP contribution is -2.47. The van der Waals surface area contributed by atoms with Gasteiger partial charge in [0, 0.05) is 19.2 Å². The van der Waals surface area contributed by atoms with E-state index < -0.39 is 0 Å². The smallest absolute Gasteiger partial charge is 0.237 e. The zero-order chi connectivity index (χ0) is 12.1. The van der Waals surface area contributed by atoms with Crippen molar-refractivity contribution in [1.82, 2.24) is 15.6 Å². The van der Waals surface area contributed by atoms with Gasteiger partial charge in [-0.15, -0.1) is 0 Å². The summed E-state index contributed by atoms with van der Waals surface area (Å²) in [4.78, 5) is 15.8. The second-order valence-electron chi connectivity index (χ2n) is 4.04. The normalized spacial score (nSPS) is 19.8. The Morgan fingerprint density at radius 1 is 1.59 bits per heavy atom. The molecule has 0 aliphatic carbocycles. The Balaban J connectivity index is 1.90. The van der Waals surface area contributed by atoms with Crippen molar-refractivity contribution in [3.05, 3.63) is 23.9 Å². The van der Waals surface area contributed by atoms with Gasteiger partial charge in [-0.1, -0.05) is 6.07 Å². The van der Waals surface area contributed by atoms with Gasteiger partial charge < -0.3 is 15.4 Å². The molecule has 92 valence electrons. The van der Waals surface area contributed by atoms with E-state index in [0.29, 0.717) is 12.4 Å². The lowest BCUT2D eigenvalue weighted by atomic mass is 10.1. The first kappa shape index (κ1) is 11.9. The van der Waals surface area contributed by atoms with Crippen LogP contribution in [0.5, 0.6) is 5.88 Å². The van der Waals surface area contributed by atoms with Crippen molar-refractivity contribution in [3.63, 3.8) is 0 Å². The van der Waals surface area contributed by atoms with Gasteiger partial charge in [0.15, 0.2) is 0 Å². The molecule has 5 nitrogen and oxygen atoms in total. The number of hydrogen-bond donors (Lipinski definition) is 2. The van der Waals surface area contributed by atoms with E-state index in [1.54, 1.807) is 13.2 Å². The Morgan fingerprint density at radius 2 is 2.47 bits per heavy atom. The molecule has 1 aromatic rings. The third-order valence-electron chi connectivity index (χ3n) is 2.81. The molecule has 0 spiro atoms. The van der Waals surface area contributed by atoms with Crippen LogP contribution in [0.3, 0.4) is 0 Å². The summed E-state index contributed by atoms with van der Waals surface area (Å²) in [6.45, 7) is 1.36. The van der Waals surface area contributed by atoms with Crippen molar-refractivity contribution < 1.29 is 9.53 Å². The molecule has 0 bridgehead atoms. The fourth-order valence-electron chi connectivity index (χ4n) is 1.86. The van der Waals surface area contributed by atoms with Crippen molar-refractivity contribution in [1.29, 1.82) is 0 Å². The van der Waals surface area contributed by atoms with E-state index in [2.05, 4.69) is 15.6 Å². The predicted octanol–water partition coefficient (Wildman–Crippen LogP) is 0.458. The first-order valence-electron chi connectivity index (χ1n) is 5.80. The minimum Gasteiger partial charge on any atom is -0.481 e. The van der Waals surface area contributed by atoms with Gasteiger partial charge in [-0.3, -0.25) is 4.79 Å². The highest BCUT2D eigenvalue weighted by atomic mass is 16.5. The molecular formula is C12H17N3O2. The fourth-order valence-corrected chi connectivity index (χ4v) is 1.86. The van der Waals surface area contributed by atoms with Crippen LogP contribution < -0.4 is 15.4 Å². The van der Waals surface area contributed by atoms with Gasteiger partial charge >= 0.3 is 0 Å². The standard InChI is InChI=1S/C12H17N3O2/c1-17-11-6-2-4-9(15-11)8-14-10-5-3-7-13-12(10)16/h2,4,6,10,14H,3,5,7-8H2,1H3,(H,13,16). The van der Waals surface area contributed by atoms with E-state index in [9.17, 15) is 4.79 Å². The number of nitrogens with one attached hydrogen (secondary N) is 2. The molecule has 0 aromatic carbocycles. The van der Waals surface area contributed by atoms with Crippen LogP contribution in [0.4, 0.5) is 0 Å². The molecule has 1 atom stereocenters. The number of amides is 1. The van der Waals surface area contributed by atoms with Crippen molar-refractivity contribution in [2.24, 2.45) is 0 Å². The summed E-state index contributed by atoms with van der Waals surface area (Å²) in [7, 11) is 1.59. The van der Waals surface area contributed by atoms with E-state index in [4.69, 9.17) is 4.74 Å². The molecule has 1 saturated heterocycles. The molecule has 1 unspecified atom stereocenters. The summed E-state index contributed by atoms with van der Waals surface area (Å²) in [5.41, 5.74) is 0.878. The first-order chi connectivity index (χ1) is 8.29. The zero-order valence-electron chi connectivity index (χ0n) is 9.90. The van der Waals surface area contributed by atoms with E-state index in [-0.39, 0.29) is 11.9 Å². The Morgan fingerprint density at radius 3 is 3.24 bits per heavy atom. The summed E-state index contributed by atoms with van der Waals surface area (Å²) in [5.74, 6) is 0.677. The van der Waals surface area contributed by atoms with Crippen LogP contribution in [0.2, 0.25) is 0 Å². The highest BCUT2D eigenvalue weighted by Gasteiger charge is 2.20. The monoisotopic (exact) mass is 235 g/mol. The maximum absolute atomic E-state index is 11.5. The lowest BCUT2D eigenvalue weighted by Gasteiger charge is -2.22. The quantitative estimate of drug-likeness (QED) is 0.795. The van der Waals surface area contributed by atoms with Crippen LogP contribution in [-0.2, 0) is 11.3 Å². The van der Waals surface area contributed by atoms with E-state index in [0.717, 1.165) is 25.1 Å². The van der Waals surface area contributed by atoms with Crippen molar-refractivity contribution >= 4 is 5.91 Å². The lowest BCUT2D eigenvalue weighted by molar-refractivity contribution is -0.124. The minimum absolute atomic E-state index is 0.0825. The van der Waals surface area contributed by atoms with Gasteiger partial charge in [0.05, 0.1) is 18.8 Å². The number of methoxy groups -OCH3 is 1. The number of carbonyl (C=O) groups excluding carboxylic acids is 1. The highest BCUT2D eigenvalue weighted by molar-refractivity contribution is 5.82. The fraction of sp³-hybridized carbons (Fsp3) is 0.500. The van der Waals surface area contributed by atoms with Crippen molar-refractivity contribution in [2.75, 3.05) is 13.7 Å². The molecule has 1 aliphatic rings. The Bertz CT molecular complexity index is 395. The summed E-state index contributed by atoms with van der Waals surface area (Å²) in [6.07, 6.45) is 1.91. The maximum Gasteiger partial charge on any atom is 0.237 e. The third kappa shape index (κ3) is 3.17. The summed E-state index contributed by atoms with van der Waals surface area (Å²) >= 11 is 0. The van der Waals surface area contributed by atoms with Crippen molar-refractivity contribution in [3.8, 4) is 5.88 Å². The second kappa shape index (κ2) is 5.63. The van der Waals surface area contributed by atoms with E-state index >= 15 is 0 Å². The molecule has 1 amide bonds. The largest absolute Gasteiger partial charge is 0.481 e. The van der Waals surface area contributed by atoms with Gasteiger partial charge in [0.25, 0.3) is 0 Å². The van der Waals surface area contributed by atoms with Gasteiger partial charge in [0.1, 0.15) is 0 Å². The van der Waals surface area contributed by atoms with Crippen LogP contribution in [-0.4, -0.2) is 30.6 Å². The predicted molar refractivity (Wildman–Crippen MR) is 63.7 cm³/mol. The SMILES string of the molecule is COc1cccc(CNC2CCCNC2=O)n1. The molecule has 2 N–H and O–H groups in total. The number of rotatable bonds is 4. The average Bonchev–Trinajstić information content (AvgIpc) is 2.38. The van der Waals surface area contributed by atoms with Gasteiger partial charge in [-0.25, -0.2) is 4.98 Å². The molecule has 1 aliphatic heterocycles. The number of hydrogen-bond acceptors (Lipinski definition) is 4. The zero-order valence-corrected chi connectivity index (χ0v) is 9.90. The number of pyridine rings is 1. The molecule has 0 saturated carbocycles. The number of ether oxygens (including phenoxy) is 1. The molecular weight excluding hydrogens is 218 g/mol. The van der Waals surface area contributed by atoms with Gasteiger partial charge in [-0.2, -0.15) is 0 Å². The topological polar surface area (TPSA) is 63.2 Å². The second-order valence-corrected chi connectivity index (χ2v) is 4.04. The molecule has 2 rings (SSSR count). The summed E-state index contributed by atoms with van der Waals surface area (Å²) in [6, 6.07) is 5.51. The van der Waals surface area contributed by atoms with Crippen LogP contribution >= 0.6 is 0 Å². The van der Waals surface area contributed by atoms with Crippen LogP contribution in [0.25, 0.3) is 0 Å². The third-order valence-corrected chi connectivity index (χ3v) is 2.81.